The Hall–Kier alpha value is -3.74. The van der Waals surface area contributed by atoms with Crippen molar-refractivity contribution in [2.75, 3.05) is 7.11 Å². The maximum absolute atomic E-state index is 13.0. The highest BCUT2D eigenvalue weighted by molar-refractivity contribution is 9.10. The smallest absolute Gasteiger partial charge is 0.379 e. The van der Waals surface area contributed by atoms with Crippen LogP contribution in [0.2, 0.25) is 0 Å². The molecule has 0 aliphatic carbocycles. The van der Waals surface area contributed by atoms with Gasteiger partial charge >= 0.3 is 5.97 Å². The van der Waals surface area contributed by atoms with Crippen LogP contribution in [0.15, 0.2) is 79.4 Å². The fourth-order valence-corrected chi connectivity index (χ4v) is 5.02. The first kappa shape index (κ1) is 24.0. The Morgan fingerprint density at radius 1 is 1.06 bits per heavy atom. The number of aryl methyl sites for hydroxylation is 1. The average molecular weight is 610 g/mol. The molecule has 2 N–H and O–H groups in total. The number of furan rings is 1. The van der Waals surface area contributed by atoms with Crippen LogP contribution in [-0.4, -0.2) is 13.1 Å². The maximum atomic E-state index is 13.0. The van der Waals surface area contributed by atoms with E-state index in [1.54, 1.807) is 38.3 Å². The molecule has 5 rings (SSSR count). The van der Waals surface area contributed by atoms with Crippen molar-refractivity contribution in [1.29, 1.82) is 5.26 Å². The van der Waals surface area contributed by atoms with Gasteiger partial charge in [0.2, 0.25) is 11.6 Å². The zero-order valence-corrected chi connectivity index (χ0v) is 22.3. The van der Waals surface area contributed by atoms with E-state index in [1.807, 2.05) is 30.3 Å². The number of allylic oxidation sites excluding steroid dienone is 1. The lowest BCUT2D eigenvalue weighted by atomic mass is 9.83. The van der Waals surface area contributed by atoms with Gasteiger partial charge in [-0.25, -0.2) is 4.79 Å². The molecule has 0 radical (unpaired) electrons. The lowest BCUT2D eigenvalue weighted by Gasteiger charge is -2.27. The number of halogens is 2. The van der Waals surface area contributed by atoms with Crippen LogP contribution in [0.25, 0.3) is 11.0 Å². The van der Waals surface area contributed by atoms with Crippen LogP contribution in [0.1, 0.15) is 33.2 Å². The average Bonchev–Trinajstić information content (AvgIpc) is 3.18. The van der Waals surface area contributed by atoms with Crippen LogP contribution < -0.4 is 19.9 Å². The van der Waals surface area contributed by atoms with Crippen LogP contribution in [0.5, 0.6) is 17.2 Å². The molecule has 4 aromatic rings. The highest BCUT2D eigenvalue weighted by Crippen LogP contribution is 2.46. The van der Waals surface area contributed by atoms with Gasteiger partial charge in [0.1, 0.15) is 34.5 Å². The molecule has 0 saturated carbocycles. The van der Waals surface area contributed by atoms with Crippen LogP contribution in [-0.2, 0) is 0 Å². The predicted molar refractivity (Wildman–Crippen MR) is 140 cm³/mol. The number of hydrogen-bond donors (Lipinski definition) is 1. The monoisotopic (exact) mass is 608 g/mol. The van der Waals surface area contributed by atoms with Crippen molar-refractivity contribution in [3.63, 3.8) is 0 Å². The second-order valence-electron chi connectivity index (χ2n) is 8.10. The number of nitriles is 1. The minimum atomic E-state index is -0.637. The van der Waals surface area contributed by atoms with E-state index in [0.29, 0.717) is 28.2 Å². The van der Waals surface area contributed by atoms with E-state index < -0.39 is 11.9 Å². The Morgan fingerprint density at radius 3 is 2.56 bits per heavy atom. The van der Waals surface area contributed by atoms with Crippen molar-refractivity contribution in [3.05, 3.63) is 97.4 Å². The largest absolute Gasteiger partial charge is 0.496 e. The quantitative estimate of drug-likeness (QED) is 0.202. The molecule has 0 amide bonds. The SMILES string of the molecule is COc1ccc(Br)cc1C1C(C#N)=C(N)Oc2cc(OC(=O)c3oc4cc(Br)ccc4c3C)ccc21. The summed E-state index contributed by atoms with van der Waals surface area (Å²) in [5, 5.41) is 10.7. The molecule has 180 valence electrons. The third kappa shape index (κ3) is 4.12. The van der Waals surface area contributed by atoms with Crippen molar-refractivity contribution in [2.24, 2.45) is 5.73 Å². The van der Waals surface area contributed by atoms with Gasteiger partial charge in [0, 0.05) is 37.1 Å². The summed E-state index contributed by atoms with van der Waals surface area (Å²) in [6, 6.07) is 18.2. The number of nitrogens with two attached hydrogens (primary N) is 1. The molecule has 3 aromatic carbocycles. The van der Waals surface area contributed by atoms with Crippen molar-refractivity contribution in [3.8, 4) is 23.3 Å². The number of carbonyl (C=O) groups is 1. The number of rotatable bonds is 4. The number of methoxy groups -OCH3 is 1. The molecule has 1 aliphatic heterocycles. The predicted octanol–water partition coefficient (Wildman–Crippen LogP) is 6.71. The number of carbonyl (C=O) groups excluding carboxylic acids is 1. The second-order valence-corrected chi connectivity index (χ2v) is 9.93. The first-order valence-electron chi connectivity index (χ1n) is 10.8. The number of hydrogen-bond acceptors (Lipinski definition) is 7. The fourth-order valence-electron chi connectivity index (χ4n) is 4.30. The fraction of sp³-hybridized carbons (Fsp3) is 0.111. The normalized spacial score (nSPS) is 14.7. The third-order valence-electron chi connectivity index (χ3n) is 5.99. The lowest BCUT2D eigenvalue weighted by Crippen LogP contribution is -2.21. The molecule has 9 heteroatoms. The Kier molecular flexibility index (Phi) is 6.24. The Balaban J connectivity index is 1.52. The minimum Gasteiger partial charge on any atom is -0.496 e. The summed E-state index contributed by atoms with van der Waals surface area (Å²) in [4.78, 5) is 13.0. The van der Waals surface area contributed by atoms with Gasteiger partial charge in [0.15, 0.2) is 0 Å². The minimum absolute atomic E-state index is 0.0285. The Labute approximate surface area is 223 Å². The number of esters is 1. The molecular formula is C27H18Br2N2O5. The van der Waals surface area contributed by atoms with E-state index >= 15 is 0 Å². The molecule has 1 unspecified atom stereocenters. The summed E-state index contributed by atoms with van der Waals surface area (Å²) in [7, 11) is 1.56. The Morgan fingerprint density at radius 2 is 1.81 bits per heavy atom. The molecule has 1 aliphatic rings. The van der Waals surface area contributed by atoms with E-state index in [0.717, 1.165) is 19.9 Å². The second kappa shape index (κ2) is 9.37. The molecule has 0 saturated heterocycles. The third-order valence-corrected chi connectivity index (χ3v) is 6.98. The molecule has 2 heterocycles. The molecule has 1 atom stereocenters. The Bertz CT molecular complexity index is 1620. The van der Waals surface area contributed by atoms with Crippen molar-refractivity contribution >= 4 is 48.8 Å². The summed E-state index contributed by atoms with van der Waals surface area (Å²) >= 11 is 6.89. The van der Waals surface area contributed by atoms with Crippen LogP contribution >= 0.6 is 31.9 Å². The number of fused-ring (bicyclic) bond motifs is 2. The summed E-state index contributed by atoms with van der Waals surface area (Å²) in [5.41, 5.74) is 9.08. The van der Waals surface area contributed by atoms with Crippen LogP contribution in [0.4, 0.5) is 0 Å². The van der Waals surface area contributed by atoms with Gasteiger partial charge in [-0.15, -0.1) is 0 Å². The first-order chi connectivity index (χ1) is 17.3. The molecular weight excluding hydrogens is 592 g/mol. The molecule has 36 heavy (non-hydrogen) atoms. The van der Waals surface area contributed by atoms with Crippen molar-refractivity contribution in [2.45, 2.75) is 12.8 Å². The van der Waals surface area contributed by atoms with E-state index in [4.69, 9.17) is 24.4 Å². The zero-order valence-electron chi connectivity index (χ0n) is 19.1. The summed E-state index contributed by atoms with van der Waals surface area (Å²) in [6.45, 7) is 1.80. The summed E-state index contributed by atoms with van der Waals surface area (Å²) in [6.07, 6.45) is 0. The molecule has 0 fully saturated rings. The summed E-state index contributed by atoms with van der Waals surface area (Å²) < 4.78 is 24.4. The topological polar surface area (TPSA) is 108 Å². The molecule has 0 bridgehead atoms. The van der Waals surface area contributed by atoms with Crippen LogP contribution in [0, 0.1) is 18.3 Å². The van der Waals surface area contributed by atoms with E-state index in [1.165, 1.54) is 0 Å². The van der Waals surface area contributed by atoms with E-state index in [-0.39, 0.29) is 23.0 Å². The zero-order chi connectivity index (χ0) is 25.6. The standard InChI is InChI=1S/C27H18Br2N2O5/c1-13-17-6-3-15(29)10-22(17)35-25(13)27(32)34-16-5-7-18-23(11-16)36-26(31)20(12-30)24(18)19-9-14(28)4-8-21(19)33-2/h3-11,24H,31H2,1-2H3. The van der Waals surface area contributed by atoms with Gasteiger partial charge in [-0.1, -0.05) is 37.9 Å². The van der Waals surface area contributed by atoms with Gasteiger partial charge in [-0.05, 0) is 49.4 Å². The maximum Gasteiger partial charge on any atom is 0.379 e. The van der Waals surface area contributed by atoms with Crippen LogP contribution in [0.3, 0.4) is 0 Å². The van der Waals surface area contributed by atoms with Gasteiger partial charge in [0.25, 0.3) is 0 Å². The van der Waals surface area contributed by atoms with Gasteiger partial charge in [0.05, 0.1) is 13.0 Å². The number of nitrogens with zero attached hydrogens (tertiary/aromatic N) is 1. The van der Waals surface area contributed by atoms with Gasteiger partial charge < -0.3 is 24.4 Å². The highest BCUT2D eigenvalue weighted by Gasteiger charge is 2.33. The highest BCUT2D eigenvalue weighted by atomic mass is 79.9. The number of ether oxygens (including phenoxy) is 3. The van der Waals surface area contributed by atoms with E-state index in [2.05, 4.69) is 37.9 Å². The van der Waals surface area contributed by atoms with Gasteiger partial charge in [-0.2, -0.15) is 5.26 Å². The molecule has 7 nitrogen and oxygen atoms in total. The number of benzene rings is 3. The lowest BCUT2D eigenvalue weighted by molar-refractivity contribution is 0.0702. The molecule has 1 aromatic heterocycles. The first-order valence-corrected chi connectivity index (χ1v) is 12.3. The van der Waals surface area contributed by atoms with E-state index in [9.17, 15) is 10.1 Å². The van der Waals surface area contributed by atoms with Crippen molar-refractivity contribution in [1.82, 2.24) is 0 Å². The summed E-state index contributed by atoms with van der Waals surface area (Å²) in [5.74, 6) is 0.124. The molecule has 0 spiro atoms. The van der Waals surface area contributed by atoms with Gasteiger partial charge in [-0.3, -0.25) is 0 Å². The van der Waals surface area contributed by atoms with Crippen molar-refractivity contribution < 1.29 is 23.4 Å².